The number of rotatable bonds is 6. The molecule has 2 aromatic rings. The minimum absolute atomic E-state index is 0.0622. The fourth-order valence-electron chi connectivity index (χ4n) is 3.61. The Morgan fingerprint density at radius 1 is 1.10 bits per heavy atom. The van der Waals surface area contributed by atoms with Crippen LogP contribution >= 0.6 is 0 Å². The van der Waals surface area contributed by atoms with Crippen molar-refractivity contribution in [3.8, 4) is 11.5 Å². The van der Waals surface area contributed by atoms with Gasteiger partial charge in [0.1, 0.15) is 18.4 Å². The van der Waals surface area contributed by atoms with Crippen molar-refractivity contribution < 1.29 is 22.8 Å². The lowest BCUT2D eigenvalue weighted by Gasteiger charge is -2.27. The number of piperidine rings is 1. The van der Waals surface area contributed by atoms with Crippen LogP contribution in [0.2, 0.25) is 0 Å². The van der Waals surface area contributed by atoms with Crippen LogP contribution in [0.15, 0.2) is 47.4 Å². The zero-order chi connectivity index (χ0) is 21.1. The average Bonchev–Trinajstić information content (AvgIpc) is 2.78. The molecule has 0 aromatic heterocycles. The molecular formula is C20H23N3O6S. The Labute approximate surface area is 174 Å². The number of sulfonamides is 1. The van der Waals surface area contributed by atoms with E-state index < -0.39 is 14.9 Å². The Balaban J connectivity index is 1.49. The second-order valence-corrected chi connectivity index (χ2v) is 9.22. The molecule has 1 fully saturated rings. The van der Waals surface area contributed by atoms with Gasteiger partial charge in [-0.05, 0) is 37.1 Å². The fraction of sp³-hybridized carbons (Fsp3) is 0.400. The monoisotopic (exact) mass is 433 g/mol. The number of fused-ring (bicyclic) bond motifs is 1. The van der Waals surface area contributed by atoms with Crippen molar-refractivity contribution in [1.29, 1.82) is 0 Å². The van der Waals surface area contributed by atoms with Crippen molar-refractivity contribution in [3.63, 3.8) is 0 Å². The highest BCUT2D eigenvalue weighted by Gasteiger charge is 2.29. The summed E-state index contributed by atoms with van der Waals surface area (Å²) in [5.41, 5.74) is -0.0507. The van der Waals surface area contributed by atoms with Gasteiger partial charge < -0.3 is 14.8 Å². The van der Waals surface area contributed by atoms with Gasteiger partial charge in [0.15, 0.2) is 11.5 Å². The van der Waals surface area contributed by atoms with Gasteiger partial charge in [0.25, 0.3) is 5.69 Å². The van der Waals surface area contributed by atoms with Crippen molar-refractivity contribution in [2.75, 3.05) is 31.6 Å². The molecule has 0 spiro atoms. The number of nitro groups is 1. The quantitative estimate of drug-likeness (QED) is 0.551. The standard InChI is InChI=1S/C20H23N3O6S/c24-23(25)18-12-16(30(26,27)22-10-4-1-5-11-22)8-9-17(18)21-13-15-14-28-19-6-2-3-7-20(19)29-15/h2-3,6-9,12,15,21H,1,4-5,10-11,13-14H2/t15-/m0/s1. The molecule has 1 atom stereocenters. The van der Waals surface area contributed by atoms with Gasteiger partial charge in [-0.1, -0.05) is 18.6 Å². The topological polar surface area (TPSA) is 111 Å². The highest BCUT2D eigenvalue weighted by Crippen LogP contribution is 2.32. The average molecular weight is 433 g/mol. The predicted molar refractivity (Wildman–Crippen MR) is 111 cm³/mol. The Morgan fingerprint density at radius 2 is 1.83 bits per heavy atom. The van der Waals surface area contributed by atoms with E-state index in [0.717, 1.165) is 25.3 Å². The van der Waals surface area contributed by atoms with Gasteiger partial charge in [0, 0.05) is 19.2 Å². The van der Waals surface area contributed by atoms with Crippen molar-refractivity contribution >= 4 is 21.4 Å². The lowest BCUT2D eigenvalue weighted by molar-refractivity contribution is -0.384. The number of nitrogens with one attached hydrogen (secondary N) is 1. The van der Waals surface area contributed by atoms with Crippen LogP contribution in [0.4, 0.5) is 11.4 Å². The first-order chi connectivity index (χ1) is 14.4. The third-order valence-electron chi connectivity index (χ3n) is 5.21. The van der Waals surface area contributed by atoms with E-state index in [1.54, 1.807) is 6.07 Å². The molecule has 0 bridgehead atoms. The number of ether oxygens (including phenoxy) is 2. The number of hydrogen-bond donors (Lipinski definition) is 1. The summed E-state index contributed by atoms with van der Waals surface area (Å²) < 4.78 is 38.6. The minimum Gasteiger partial charge on any atom is -0.486 e. The van der Waals surface area contributed by atoms with Crippen molar-refractivity contribution in [2.24, 2.45) is 0 Å². The van der Waals surface area contributed by atoms with Gasteiger partial charge in [-0.3, -0.25) is 10.1 Å². The summed E-state index contributed by atoms with van der Waals surface area (Å²) in [7, 11) is -3.75. The van der Waals surface area contributed by atoms with Crippen LogP contribution in [0.25, 0.3) is 0 Å². The summed E-state index contributed by atoms with van der Waals surface area (Å²) >= 11 is 0. The maximum atomic E-state index is 12.8. The zero-order valence-electron chi connectivity index (χ0n) is 16.3. The molecule has 2 aliphatic heterocycles. The van der Waals surface area contributed by atoms with Crippen molar-refractivity contribution in [1.82, 2.24) is 4.31 Å². The largest absolute Gasteiger partial charge is 0.486 e. The molecule has 10 heteroatoms. The van der Waals surface area contributed by atoms with E-state index in [1.807, 2.05) is 18.2 Å². The van der Waals surface area contributed by atoms with Gasteiger partial charge in [-0.2, -0.15) is 4.31 Å². The normalized spacial score (nSPS) is 19.3. The van der Waals surface area contributed by atoms with Gasteiger partial charge in [-0.25, -0.2) is 8.42 Å². The fourth-order valence-corrected chi connectivity index (χ4v) is 5.15. The van der Waals surface area contributed by atoms with Crippen LogP contribution in [-0.4, -0.2) is 50.0 Å². The molecule has 1 saturated heterocycles. The first kappa shape index (κ1) is 20.4. The lowest BCUT2D eigenvalue weighted by Crippen LogP contribution is -2.36. The molecule has 0 unspecified atom stereocenters. The summed E-state index contributed by atoms with van der Waals surface area (Å²) in [6.45, 7) is 1.46. The van der Waals surface area contributed by atoms with Gasteiger partial charge >= 0.3 is 0 Å². The smallest absolute Gasteiger partial charge is 0.293 e. The molecule has 0 radical (unpaired) electrons. The number of anilines is 1. The molecule has 2 heterocycles. The zero-order valence-corrected chi connectivity index (χ0v) is 17.1. The number of benzene rings is 2. The summed E-state index contributed by atoms with van der Waals surface area (Å²) in [4.78, 5) is 11.0. The molecule has 4 rings (SSSR count). The molecule has 1 N–H and O–H groups in total. The molecular weight excluding hydrogens is 410 g/mol. The van der Waals surface area contributed by atoms with Crippen LogP contribution in [0.3, 0.4) is 0 Å². The number of hydrogen-bond acceptors (Lipinski definition) is 7. The number of para-hydroxylation sites is 2. The third kappa shape index (κ3) is 4.19. The highest BCUT2D eigenvalue weighted by atomic mass is 32.2. The predicted octanol–water partition coefficient (Wildman–Crippen LogP) is 3.02. The highest BCUT2D eigenvalue weighted by molar-refractivity contribution is 7.89. The molecule has 0 saturated carbocycles. The van der Waals surface area contributed by atoms with Crippen LogP contribution in [0.1, 0.15) is 19.3 Å². The van der Waals surface area contributed by atoms with E-state index in [0.29, 0.717) is 31.2 Å². The van der Waals surface area contributed by atoms with Crippen molar-refractivity contribution in [3.05, 3.63) is 52.6 Å². The number of nitrogens with zero attached hydrogens (tertiary/aromatic N) is 2. The summed E-state index contributed by atoms with van der Waals surface area (Å²) in [5, 5.41) is 14.6. The van der Waals surface area contributed by atoms with Crippen molar-refractivity contribution in [2.45, 2.75) is 30.3 Å². The summed E-state index contributed by atoms with van der Waals surface area (Å²) in [6, 6.07) is 11.3. The molecule has 30 heavy (non-hydrogen) atoms. The van der Waals surface area contributed by atoms with Gasteiger partial charge in [0.05, 0.1) is 16.4 Å². The minimum atomic E-state index is -3.75. The van der Waals surface area contributed by atoms with E-state index in [1.165, 1.54) is 16.4 Å². The van der Waals surface area contributed by atoms with Gasteiger partial charge in [-0.15, -0.1) is 0 Å². The molecule has 2 aromatic carbocycles. The maximum Gasteiger partial charge on any atom is 0.293 e. The Hall–Kier alpha value is -2.85. The summed E-state index contributed by atoms with van der Waals surface area (Å²) in [5.74, 6) is 1.28. The second kappa shape index (κ2) is 8.49. The molecule has 2 aliphatic rings. The Morgan fingerprint density at radius 3 is 2.57 bits per heavy atom. The number of nitro benzene ring substituents is 1. The Bertz CT molecular complexity index is 1040. The maximum absolute atomic E-state index is 12.8. The molecule has 160 valence electrons. The Kier molecular flexibility index (Phi) is 5.78. The second-order valence-electron chi connectivity index (χ2n) is 7.28. The molecule has 9 nitrogen and oxygen atoms in total. The molecule has 0 amide bonds. The van der Waals surface area contributed by atoms with E-state index in [-0.39, 0.29) is 28.9 Å². The van der Waals surface area contributed by atoms with E-state index in [9.17, 15) is 18.5 Å². The first-order valence-electron chi connectivity index (χ1n) is 9.86. The van der Waals surface area contributed by atoms with Crippen LogP contribution in [-0.2, 0) is 10.0 Å². The SMILES string of the molecule is O=[N+]([O-])c1cc(S(=O)(=O)N2CCCCC2)ccc1NC[C@H]1COc2ccccc2O1. The van der Waals surface area contributed by atoms with E-state index >= 15 is 0 Å². The molecule has 0 aliphatic carbocycles. The van der Waals surface area contributed by atoms with E-state index in [2.05, 4.69) is 5.32 Å². The lowest BCUT2D eigenvalue weighted by atomic mass is 10.2. The summed E-state index contributed by atoms with van der Waals surface area (Å²) in [6.07, 6.45) is 2.25. The third-order valence-corrected chi connectivity index (χ3v) is 7.10. The van der Waals surface area contributed by atoms with Crippen LogP contribution in [0.5, 0.6) is 11.5 Å². The van der Waals surface area contributed by atoms with Crippen LogP contribution in [0, 0.1) is 10.1 Å². The van der Waals surface area contributed by atoms with E-state index in [4.69, 9.17) is 9.47 Å². The van der Waals surface area contributed by atoms with Gasteiger partial charge in [0.2, 0.25) is 10.0 Å². The first-order valence-corrected chi connectivity index (χ1v) is 11.3. The van der Waals surface area contributed by atoms with Crippen LogP contribution < -0.4 is 14.8 Å².